The van der Waals surface area contributed by atoms with Crippen LogP contribution in [0, 0.1) is 17.1 Å². The molecule has 0 saturated carbocycles. The van der Waals surface area contributed by atoms with Gasteiger partial charge in [-0.1, -0.05) is 12.1 Å². The molecule has 20 heavy (non-hydrogen) atoms. The largest absolute Gasteiger partial charge is 0.312 e. The third-order valence-electron chi connectivity index (χ3n) is 3.36. The fourth-order valence-corrected chi connectivity index (χ4v) is 2.35. The quantitative estimate of drug-likeness (QED) is 0.901. The van der Waals surface area contributed by atoms with Gasteiger partial charge in [0.05, 0.1) is 5.69 Å². The van der Waals surface area contributed by atoms with Gasteiger partial charge in [0.25, 0.3) is 0 Å². The minimum Gasteiger partial charge on any atom is -0.312 e. The number of hydrogen-bond donors (Lipinski definition) is 1. The van der Waals surface area contributed by atoms with Gasteiger partial charge in [-0.2, -0.15) is 5.26 Å². The molecule has 1 aromatic carbocycles. The number of nitrogens with one attached hydrogen (secondary N) is 1. The van der Waals surface area contributed by atoms with E-state index in [0.717, 1.165) is 29.8 Å². The van der Waals surface area contributed by atoms with E-state index >= 15 is 0 Å². The summed E-state index contributed by atoms with van der Waals surface area (Å²) in [7, 11) is 0. The van der Waals surface area contributed by atoms with Gasteiger partial charge in [0.1, 0.15) is 23.4 Å². The summed E-state index contributed by atoms with van der Waals surface area (Å²) in [6.07, 6.45) is 1.32. The SMILES string of the molecule is N#Cc1nc(Cc2ccc(F)cc2)nc2c1CNCC2. The van der Waals surface area contributed by atoms with E-state index in [1.807, 2.05) is 0 Å². The van der Waals surface area contributed by atoms with Crippen LogP contribution in [0.25, 0.3) is 0 Å². The van der Waals surface area contributed by atoms with Crippen LogP contribution in [0.4, 0.5) is 4.39 Å². The maximum atomic E-state index is 12.9. The van der Waals surface area contributed by atoms with Crippen molar-refractivity contribution < 1.29 is 4.39 Å². The molecule has 2 heterocycles. The number of benzene rings is 1. The molecular weight excluding hydrogens is 255 g/mol. The van der Waals surface area contributed by atoms with E-state index < -0.39 is 0 Å². The molecule has 5 heteroatoms. The van der Waals surface area contributed by atoms with Crippen LogP contribution in [0.1, 0.15) is 28.3 Å². The molecule has 2 aromatic rings. The van der Waals surface area contributed by atoms with Crippen LogP contribution in [0.2, 0.25) is 0 Å². The van der Waals surface area contributed by atoms with Gasteiger partial charge < -0.3 is 5.32 Å². The highest BCUT2D eigenvalue weighted by atomic mass is 19.1. The van der Waals surface area contributed by atoms with Crippen molar-refractivity contribution in [3.05, 3.63) is 58.4 Å². The molecule has 1 aliphatic rings. The third-order valence-corrected chi connectivity index (χ3v) is 3.36. The molecule has 0 radical (unpaired) electrons. The summed E-state index contributed by atoms with van der Waals surface area (Å²) < 4.78 is 12.9. The Labute approximate surface area is 116 Å². The summed E-state index contributed by atoms with van der Waals surface area (Å²) in [6, 6.07) is 8.41. The highest BCUT2D eigenvalue weighted by molar-refractivity contribution is 5.37. The molecule has 0 saturated heterocycles. The second kappa shape index (κ2) is 5.35. The molecule has 4 nitrogen and oxygen atoms in total. The topological polar surface area (TPSA) is 61.6 Å². The number of hydrogen-bond acceptors (Lipinski definition) is 4. The average molecular weight is 268 g/mol. The van der Waals surface area contributed by atoms with Gasteiger partial charge >= 0.3 is 0 Å². The Morgan fingerprint density at radius 3 is 2.80 bits per heavy atom. The Bertz CT molecular complexity index is 674. The molecule has 0 unspecified atom stereocenters. The second-order valence-electron chi connectivity index (χ2n) is 4.76. The summed E-state index contributed by atoms with van der Waals surface area (Å²) >= 11 is 0. The molecule has 0 amide bonds. The number of rotatable bonds is 2. The van der Waals surface area contributed by atoms with E-state index in [1.165, 1.54) is 12.1 Å². The van der Waals surface area contributed by atoms with Gasteiger partial charge in [-0.15, -0.1) is 0 Å². The lowest BCUT2D eigenvalue weighted by Crippen LogP contribution is -2.26. The maximum absolute atomic E-state index is 12.9. The lowest BCUT2D eigenvalue weighted by atomic mass is 10.0. The molecule has 0 fully saturated rings. The Balaban J connectivity index is 1.94. The summed E-state index contributed by atoms with van der Waals surface area (Å²) in [5, 5.41) is 12.4. The van der Waals surface area contributed by atoms with Crippen molar-refractivity contribution in [3.63, 3.8) is 0 Å². The molecule has 1 N–H and O–H groups in total. The van der Waals surface area contributed by atoms with E-state index in [-0.39, 0.29) is 5.82 Å². The summed E-state index contributed by atoms with van der Waals surface area (Å²) in [6.45, 7) is 1.51. The third kappa shape index (κ3) is 2.51. The first-order chi connectivity index (χ1) is 9.76. The van der Waals surface area contributed by atoms with E-state index in [1.54, 1.807) is 12.1 Å². The summed E-state index contributed by atoms with van der Waals surface area (Å²) in [4.78, 5) is 8.86. The second-order valence-corrected chi connectivity index (χ2v) is 4.76. The predicted octanol–water partition coefficient (Wildman–Crippen LogP) is 1.72. The van der Waals surface area contributed by atoms with Crippen LogP contribution < -0.4 is 5.32 Å². The van der Waals surface area contributed by atoms with Crippen molar-refractivity contribution in [2.75, 3.05) is 6.54 Å². The first kappa shape index (κ1) is 12.7. The van der Waals surface area contributed by atoms with Crippen molar-refractivity contribution in [1.82, 2.24) is 15.3 Å². The highest BCUT2D eigenvalue weighted by Crippen LogP contribution is 2.16. The molecule has 1 aliphatic heterocycles. The van der Waals surface area contributed by atoms with Crippen molar-refractivity contribution >= 4 is 0 Å². The summed E-state index contributed by atoms with van der Waals surface area (Å²) in [5.74, 6) is 0.359. The van der Waals surface area contributed by atoms with E-state index in [0.29, 0.717) is 24.5 Å². The minimum atomic E-state index is -0.260. The van der Waals surface area contributed by atoms with E-state index in [2.05, 4.69) is 21.4 Å². The van der Waals surface area contributed by atoms with Gasteiger partial charge in [-0.05, 0) is 17.7 Å². The molecule has 0 bridgehead atoms. The standard InChI is InChI=1S/C15H13FN4/c16-11-3-1-10(2-4-11)7-15-19-13-5-6-18-9-12(13)14(8-17)20-15/h1-4,18H,5-7,9H2. The van der Waals surface area contributed by atoms with Gasteiger partial charge in [0.2, 0.25) is 0 Å². The lowest BCUT2D eigenvalue weighted by Gasteiger charge is -2.17. The maximum Gasteiger partial charge on any atom is 0.148 e. The molecule has 0 spiro atoms. The highest BCUT2D eigenvalue weighted by Gasteiger charge is 2.17. The van der Waals surface area contributed by atoms with E-state index in [9.17, 15) is 9.65 Å². The van der Waals surface area contributed by atoms with Crippen LogP contribution in [0.3, 0.4) is 0 Å². The van der Waals surface area contributed by atoms with Gasteiger partial charge in [0, 0.05) is 31.5 Å². The van der Waals surface area contributed by atoms with Crippen LogP contribution in [0.15, 0.2) is 24.3 Å². The molecule has 1 aromatic heterocycles. The monoisotopic (exact) mass is 268 g/mol. The van der Waals surface area contributed by atoms with Gasteiger partial charge in [0.15, 0.2) is 0 Å². The van der Waals surface area contributed by atoms with Crippen LogP contribution in [0.5, 0.6) is 0 Å². The Morgan fingerprint density at radius 1 is 1.25 bits per heavy atom. The number of aromatic nitrogens is 2. The number of halogens is 1. The zero-order valence-electron chi connectivity index (χ0n) is 10.9. The number of nitriles is 1. The number of nitrogens with zero attached hydrogens (tertiary/aromatic N) is 3. The molecule has 3 rings (SSSR count). The van der Waals surface area contributed by atoms with Crippen molar-refractivity contribution in [3.8, 4) is 6.07 Å². The Kier molecular flexibility index (Phi) is 3.40. The van der Waals surface area contributed by atoms with Crippen molar-refractivity contribution in [2.24, 2.45) is 0 Å². The van der Waals surface area contributed by atoms with Crippen molar-refractivity contribution in [2.45, 2.75) is 19.4 Å². The first-order valence-corrected chi connectivity index (χ1v) is 6.50. The lowest BCUT2D eigenvalue weighted by molar-refractivity contribution is 0.618. The predicted molar refractivity (Wildman–Crippen MR) is 71.4 cm³/mol. The zero-order chi connectivity index (χ0) is 13.9. The molecule has 0 aliphatic carbocycles. The van der Waals surface area contributed by atoms with Crippen molar-refractivity contribution in [1.29, 1.82) is 5.26 Å². The zero-order valence-corrected chi connectivity index (χ0v) is 10.9. The first-order valence-electron chi connectivity index (χ1n) is 6.50. The minimum absolute atomic E-state index is 0.260. The summed E-state index contributed by atoms with van der Waals surface area (Å²) in [5.41, 5.74) is 3.23. The Hall–Kier alpha value is -2.32. The molecule has 100 valence electrons. The van der Waals surface area contributed by atoms with Crippen LogP contribution in [-0.2, 0) is 19.4 Å². The average Bonchev–Trinajstić information content (AvgIpc) is 2.49. The fraction of sp³-hybridized carbons (Fsp3) is 0.267. The van der Waals surface area contributed by atoms with Gasteiger partial charge in [-0.25, -0.2) is 14.4 Å². The smallest absolute Gasteiger partial charge is 0.148 e. The van der Waals surface area contributed by atoms with Crippen LogP contribution >= 0.6 is 0 Å². The van der Waals surface area contributed by atoms with Crippen LogP contribution in [-0.4, -0.2) is 16.5 Å². The number of fused-ring (bicyclic) bond motifs is 1. The normalized spacial score (nSPS) is 13.6. The van der Waals surface area contributed by atoms with E-state index in [4.69, 9.17) is 0 Å². The van der Waals surface area contributed by atoms with Gasteiger partial charge in [-0.3, -0.25) is 0 Å². The molecule has 0 atom stereocenters. The Morgan fingerprint density at radius 2 is 2.05 bits per heavy atom. The fourth-order valence-electron chi connectivity index (χ4n) is 2.35. The molecular formula is C15H13FN4.